The largest absolute Gasteiger partial charge is 0.380 e. The lowest BCUT2D eigenvalue weighted by atomic mass is 10.00. The van der Waals surface area contributed by atoms with Crippen LogP contribution in [0.15, 0.2) is 0 Å². The molecule has 0 aliphatic carbocycles. The topological polar surface area (TPSA) is 43.4 Å². The highest BCUT2D eigenvalue weighted by Crippen LogP contribution is 2.15. The lowest BCUT2D eigenvalue weighted by Crippen LogP contribution is -2.14. The van der Waals surface area contributed by atoms with Gasteiger partial charge in [0, 0.05) is 11.8 Å². The summed E-state index contributed by atoms with van der Waals surface area (Å²) in [5.41, 5.74) is 0. The van der Waals surface area contributed by atoms with E-state index in [-0.39, 0.29) is 11.8 Å². The number of carbonyl (C=O) groups excluding carboxylic acids is 2. The molecular weight excluding hydrogens is 120 g/mol. The van der Waals surface area contributed by atoms with Crippen LogP contribution in [0.1, 0.15) is 0 Å². The summed E-state index contributed by atoms with van der Waals surface area (Å²) >= 11 is 0. The van der Waals surface area contributed by atoms with Crippen molar-refractivity contribution in [1.29, 1.82) is 0 Å². The molecule has 3 heteroatoms. The minimum Gasteiger partial charge on any atom is -0.380 e. The normalized spacial score (nSPS) is 34.2. The number of carbonyl (C=O) groups is 2. The molecule has 0 spiro atoms. The summed E-state index contributed by atoms with van der Waals surface area (Å²) in [4.78, 5) is 20.3. The van der Waals surface area contributed by atoms with E-state index in [9.17, 15) is 9.59 Å². The molecule has 0 radical (unpaired) electrons. The zero-order valence-electron chi connectivity index (χ0n) is 4.95. The SMILES string of the molecule is O=C[C@@H]1COC[C@H]1C=O. The second-order valence-electron chi connectivity index (χ2n) is 2.14. The van der Waals surface area contributed by atoms with Crippen LogP contribution in [0.5, 0.6) is 0 Å². The van der Waals surface area contributed by atoms with Crippen LogP contribution in [-0.2, 0) is 14.3 Å². The van der Waals surface area contributed by atoms with Crippen molar-refractivity contribution in [3.63, 3.8) is 0 Å². The van der Waals surface area contributed by atoms with Crippen LogP contribution in [0.25, 0.3) is 0 Å². The van der Waals surface area contributed by atoms with Crippen LogP contribution in [0.2, 0.25) is 0 Å². The van der Waals surface area contributed by atoms with Gasteiger partial charge >= 0.3 is 0 Å². The highest BCUT2D eigenvalue weighted by molar-refractivity contribution is 5.65. The van der Waals surface area contributed by atoms with Gasteiger partial charge in [-0.1, -0.05) is 0 Å². The van der Waals surface area contributed by atoms with E-state index in [4.69, 9.17) is 4.74 Å². The summed E-state index contributed by atoms with van der Waals surface area (Å²) in [5.74, 6) is -0.384. The van der Waals surface area contributed by atoms with Gasteiger partial charge in [0.2, 0.25) is 0 Å². The minimum atomic E-state index is -0.192. The first kappa shape index (κ1) is 6.42. The van der Waals surface area contributed by atoms with Crippen LogP contribution < -0.4 is 0 Å². The van der Waals surface area contributed by atoms with Crippen molar-refractivity contribution >= 4 is 12.6 Å². The Morgan fingerprint density at radius 1 is 1.11 bits per heavy atom. The summed E-state index contributed by atoms with van der Waals surface area (Å²) < 4.78 is 4.89. The van der Waals surface area contributed by atoms with Gasteiger partial charge in [-0.25, -0.2) is 0 Å². The van der Waals surface area contributed by atoms with Crippen molar-refractivity contribution < 1.29 is 14.3 Å². The van der Waals surface area contributed by atoms with Crippen molar-refractivity contribution in [2.24, 2.45) is 11.8 Å². The molecule has 1 heterocycles. The maximum absolute atomic E-state index is 10.1. The zero-order chi connectivity index (χ0) is 6.69. The Morgan fingerprint density at radius 2 is 1.56 bits per heavy atom. The molecule has 3 nitrogen and oxygen atoms in total. The van der Waals surface area contributed by atoms with Crippen molar-refractivity contribution in [2.75, 3.05) is 13.2 Å². The van der Waals surface area contributed by atoms with E-state index < -0.39 is 0 Å². The molecule has 0 unspecified atom stereocenters. The summed E-state index contributed by atoms with van der Waals surface area (Å²) in [6, 6.07) is 0. The van der Waals surface area contributed by atoms with Gasteiger partial charge in [-0.05, 0) is 0 Å². The number of ether oxygens (including phenoxy) is 1. The van der Waals surface area contributed by atoms with E-state index in [1.165, 1.54) is 0 Å². The standard InChI is InChI=1S/C6H8O3/c7-1-5-3-9-4-6(5)2-8/h1-2,5-6H,3-4H2/t5-,6-/m1/s1. The van der Waals surface area contributed by atoms with E-state index >= 15 is 0 Å². The molecule has 0 aromatic carbocycles. The first-order valence-corrected chi connectivity index (χ1v) is 2.87. The van der Waals surface area contributed by atoms with E-state index in [0.717, 1.165) is 12.6 Å². The third-order valence-electron chi connectivity index (χ3n) is 1.52. The van der Waals surface area contributed by atoms with E-state index in [1.807, 2.05) is 0 Å². The Kier molecular flexibility index (Phi) is 1.95. The van der Waals surface area contributed by atoms with Crippen LogP contribution in [-0.4, -0.2) is 25.8 Å². The molecule has 0 aromatic heterocycles. The second-order valence-corrected chi connectivity index (χ2v) is 2.14. The van der Waals surface area contributed by atoms with Crippen LogP contribution in [0.3, 0.4) is 0 Å². The van der Waals surface area contributed by atoms with E-state index in [0.29, 0.717) is 13.2 Å². The number of rotatable bonds is 2. The molecule has 50 valence electrons. The predicted octanol–water partition coefficient (Wildman–Crippen LogP) is -0.353. The van der Waals surface area contributed by atoms with Crippen LogP contribution in [0.4, 0.5) is 0 Å². The Bertz CT molecular complexity index is 107. The first-order valence-electron chi connectivity index (χ1n) is 2.87. The lowest BCUT2D eigenvalue weighted by Gasteiger charge is -1.99. The number of hydrogen-bond donors (Lipinski definition) is 0. The van der Waals surface area contributed by atoms with Gasteiger partial charge in [0.05, 0.1) is 13.2 Å². The number of aldehydes is 2. The fourth-order valence-electron chi connectivity index (χ4n) is 0.868. The molecule has 1 saturated heterocycles. The highest BCUT2D eigenvalue weighted by Gasteiger charge is 2.26. The second kappa shape index (κ2) is 2.73. The molecular formula is C6H8O3. The minimum absolute atomic E-state index is 0.192. The third kappa shape index (κ3) is 1.16. The van der Waals surface area contributed by atoms with Crippen molar-refractivity contribution in [3.05, 3.63) is 0 Å². The van der Waals surface area contributed by atoms with Gasteiger partial charge in [0.25, 0.3) is 0 Å². The average Bonchev–Trinajstić information content (AvgIpc) is 2.33. The van der Waals surface area contributed by atoms with Gasteiger partial charge in [-0.15, -0.1) is 0 Å². The summed E-state index contributed by atoms with van der Waals surface area (Å²) in [7, 11) is 0. The lowest BCUT2D eigenvalue weighted by molar-refractivity contribution is -0.117. The molecule has 0 N–H and O–H groups in total. The van der Waals surface area contributed by atoms with Crippen LogP contribution >= 0.6 is 0 Å². The fourth-order valence-corrected chi connectivity index (χ4v) is 0.868. The molecule has 2 atom stereocenters. The van der Waals surface area contributed by atoms with Gasteiger partial charge in [-0.3, -0.25) is 0 Å². The predicted molar refractivity (Wildman–Crippen MR) is 29.9 cm³/mol. The van der Waals surface area contributed by atoms with Gasteiger partial charge in [0.1, 0.15) is 12.6 Å². The van der Waals surface area contributed by atoms with Gasteiger partial charge < -0.3 is 14.3 Å². The summed E-state index contributed by atoms with van der Waals surface area (Å²) in [5, 5.41) is 0. The van der Waals surface area contributed by atoms with Gasteiger partial charge in [-0.2, -0.15) is 0 Å². The monoisotopic (exact) mass is 128 g/mol. The molecule has 0 amide bonds. The van der Waals surface area contributed by atoms with E-state index in [2.05, 4.69) is 0 Å². The Morgan fingerprint density at radius 3 is 1.89 bits per heavy atom. The zero-order valence-corrected chi connectivity index (χ0v) is 4.95. The molecule has 0 bridgehead atoms. The van der Waals surface area contributed by atoms with Crippen molar-refractivity contribution in [1.82, 2.24) is 0 Å². The fraction of sp³-hybridized carbons (Fsp3) is 0.667. The summed E-state index contributed by atoms with van der Waals surface area (Å²) in [6.45, 7) is 0.819. The molecule has 1 aliphatic rings. The van der Waals surface area contributed by atoms with Crippen molar-refractivity contribution in [3.8, 4) is 0 Å². The quantitative estimate of drug-likeness (QED) is 0.477. The number of hydrogen-bond acceptors (Lipinski definition) is 3. The Balaban J connectivity index is 2.50. The molecule has 1 rings (SSSR count). The molecule has 9 heavy (non-hydrogen) atoms. The highest BCUT2D eigenvalue weighted by atomic mass is 16.5. The maximum atomic E-state index is 10.1. The Labute approximate surface area is 53.0 Å². The van der Waals surface area contributed by atoms with E-state index in [1.54, 1.807) is 0 Å². The smallest absolute Gasteiger partial charge is 0.126 e. The molecule has 1 aliphatic heterocycles. The van der Waals surface area contributed by atoms with Crippen molar-refractivity contribution in [2.45, 2.75) is 0 Å². The van der Waals surface area contributed by atoms with Crippen LogP contribution in [0, 0.1) is 11.8 Å². The van der Waals surface area contributed by atoms with Gasteiger partial charge in [0.15, 0.2) is 0 Å². The first-order chi connectivity index (χ1) is 4.38. The molecule has 0 saturated carbocycles. The average molecular weight is 128 g/mol. The molecule has 0 aromatic rings. The molecule has 1 fully saturated rings. The summed E-state index contributed by atoms with van der Waals surface area (Å²) in [6.07, 6.45) is 1.57. The third-order valence-corrected chi connectivity index (χ3v) is 1.52. The Hall–Kier alpha value is -0.700. The maximum Gasteiger partial charge on any atom is 0.126 e.